The molecule has 0 radical (unpaired) electrons. The lowest BCUT2D eigenvalue weighted by atomic mass is 10.1. The van der Waals surface area contributed by atoms with Crippen LogP contribution in [0.15, 0.2) is 12.1 Å². The van der Waals surface area contributed by atoms with Crippen molar-refractivity contribution in [2.24, 2.45) is 5.73 Å². The molecule has 0 saturated heterocycles. The predicted octanol–water partition coefficient (Wildman–Crippen LogP) is 0.891. The molecule has 14 heavy (non-hydrogen) atoms. The fourth-order valence-corrected chi connectivity index (χ4v) is 1.51. The molecule has 1 aromatic rings. The second-order valence-electron chi connectivity index (χ2n) is 3.38. The first-order valence-corrected chi connectivity index (χ1v) is 4.67. The molecule has 76 valence electrons. The highest BCUT2D eigenvalue weighted by Crippen LogP contribution is 2.11. The van der Waals surface area contributed by atoms with E-state index in [1.807, 2.05) is 26.8 Å². The first kappa shape index (κ1) is 10.6. The summed E-state index contributed by atoms with van der Waals surface area (Å²) in [5.74, 6) is 0.885. The van der Waals surface area contributed by atoms with Gasteiger partial charge in [0.05, 0.1) is 7.11 Å². The number of methoxy groups -OCH3 is 1. The standard InChI is InChI=1S/C12H17NO/c1-5-10-6-8(2)12(14-4)7-11(10)9(3)13/h5-7H,13H2,1-4H3/b10-5-,11-9+. The zero-order valence-electron chi connectivity index (χ0n) is 9.22. The molecule has 2 heteroatoms. The molecule has 0 aliphatic carbocycles. The molecule has 2 N–H and O–H groups in total. The van der Waals surface area contributed by atoms with E-state index in [0.29, 0.717) is 0 Å². The van der Waals surface area contributed by atoms with Gasteiger partial charge in [0.2, 0.25) is 0 Å². The first-order valence-electron chi connectivity index (χ1n) is 4.67. The second-order valence-corrected chi connectivity index (χ2v) is 3.38. The van der Waals surface area contributed by atoms with Crippen molar-refractivity contribution in [2.45, 2.75) is 20.8 Å². The molecule has 0 aliphatic rings. The number of hydrogen-bond acceptors (Lipinski definition) is 2. The summed E-state index contributed by atoms with van der Waals surface area (Å²) in [6.45, 7) is 5.94. The van der Waals surface area contributed by atoms with E-state index >= 15 is 0 Å². The van der Waals surface area contributed by atoms with Gasteiger partial charge in [0.25, 0.3) is 0 Å². The van der Waals surface area contributed by atoms with Crippen LogP contribution in [-0.2, 0) is 0 Å². The molecular formula is C12H17NO. The van der Waals surface area contributed by atoms with E-state index in [0.717, 1.165) is 27.4 Å². The lowest BCUT2D eigenvalue weighted by Crippen LogP contribution is -2.29. The van der Waals surface area contributed by atoms with Gasteiger partial charge in [-0.1, -0.05) is 6.08 Å². The van der Waals surface area contributed by atoms with Gasteiger partial charge in [0.15, 0.2) is 0 Å². The zero-order valence-corrected chi connectivity index (χ0v) is 9.22. The minimum atomic E-state index is 0.816. The van der Waals surface area contributed by atoms with Crippen LogP contribution in [0.25, 0.3) is 11.8 Å². The summed E-state index contributed by atoms with van der Waals surface area (Å²) >= 11 is 0. The van der Waals surface area contributed by atoms with Gasteiger partial charge in [-0.15, -0.1) is 0 Å². The van der Waals surface area contributed by atoms with Crippen LogP contribution < -0.4 is 20.9 Å². The van der Waals surface area contributed by atoms with Crippen LogP contribution in [0.3, 0.4) is 0 Å². The summed E-state index contributed by atoms with van der Waals surface area (Å²) in [6.07, 6.45) is 2.05. The van der Waals surface area contributed by atoms with Crippen molar-refractivity contribution in [2.75, 3.05) is 7.11 Å². The highest BCUT2D eigenvalue weighted by Gasteiger charge is 1.98. The van der Waals surface area contributed by atoms with Gasteiger partial charge in [-0.25, -0.2) is 0 Å². The van der Waals surface area contributed by atoms with Crippen LogP contribution in [0.4, 0.5) is 0 Å². The Hall–Kier alpha value is -1.44. The number of rotatable bonds is 1. The molecular weight excluding hydrogens is 174 g/mol. The van der Waals surface area contributed by atoms with Crippen molar-refractivity contribution in [3.8, 4) is 5.75 Å². The van der Waals surface area contributed by atoms with Gasteiger partial charge in [-0.05, 0) is 43.7 Å². The van der Waals surface area contributed by atoms with Crippen molar-refractivity contribution in [1.29, 1.82) is 0 Å². The molecule has 0 amide bonds. The third kappa shape index (κ3) is 1.90. The first-order chi connectivity index (χ1) is 6.60. The molecule has 2 nitrogen and oxygen atoms in total. The minimum Gasteiger partial charge on any atom is -0.496 e. The summed E-state index contributed by atoms with van der Waals surface area (Å²) < 4.78 is 5.25. The Morgan fingerprint density at radius 1 is 1.43 bits per heavy atom. The fraction of sp³-hybridized carbons (Fsp3) is 0.333. The minimum absolute atomic E-state index is 0.816. The third-order valence-electron chi connectivity index (χ3n) is 2.30. The van der Waals surface area contributed by atoms with Gasteiger partial charge < -0.3 is 10.5 Å². The Labute approximate surface area is 84.7 Å². The smallest absolute Gasteiger partial charge is 0.122 e. The van der Waals surface area contributed by atoms with Crippen LogP contribution in [0.5, 0.6) is 5.75 Å². The molecule has 0 heterocycles. The van der Waals surface area contributed by atoms with E-state index in [1.165, 1.54) is 0 Å². The molecule has 0 unspecified atom stereocenters. The molecule has 0 bridgehead atoms. The summed E-state index contributed by atoms with van der Waals surface area (Å²) in [7, 11) is 1.67. The molecule has 0 spiro atoms. The summed E-state index contributed by atoms with van der Waals surface area (Å²) in [5.41, 5.74) is 7.75. The number of ether oxygens (including phenoxy) is 1. The van der Waals surface area contributed by atoms with E-state index in [-0.39, 0.29) is 0 Å². The Morgan fingerprint density at radius 2 is 2.07 bits per heavy atom. The fourth-order valence-electron chi connectivity index (χ4n) is 1.51. The molecule has 0 fully saturated rings. The largest absolute Gasteiger partial charge is 0.496 e. The topological polar surface area (TPSA) is 35.2 Å². The highest BCUT2D eigenvalue weighted by atomic mass is 16.5. The Morgan fingerprint density at radius 3 is 2.50 bits per heavy atom. The van der Waals surface area contributed by atoms with Crippen molar-refractivity contribution in [3.05, 3.63) is 28.1 Å². The Balaban J connectivity index is 3.68. The normalized spacial score (nSPS) is 14.1. The molecule has 0 aromatic heterocycles. The molecule has 0 aliphatic heterocycles. The van der Waals surface area contributed by atoms with E-state index < -0.39 is 0 Å². The van der Waals surface area contributed by atoms with E-state index in [9.17, 15) is 0 Å². The van der Waals surface area contributed by atoms with Crippen LogP contribution in [0, 0.1) is 6.92 Å². The number of benzene rings is 1. The van der Waals surface area contributed by atoms with Gasteiger partial charge in [-0.3, -0.25) is 0 Å². The Kier molecular flexibility index (Phi) is 3.18. The number of hydrogen-bond donors (Lipinski definition) is 1. The van der Waals surface area contributed by atoms with Gasteiger partial charge >= 0.3 is 0 Å². The Bertz CT molecular complexity index is 442. The van der Waals surface area contributed by atoms with Gasteiger partial charge in [0, 0.05) is 10.9 Å². The lowest BCUT2D eigenvalue weighted by Gasteiger charge is -2.05. The van der Waals surface area contributed by atoms with Gasteiger partial charge in [-0.2, -0.15) is 0 Å². The highest BCUT2D eigenvalue weighted by molar-refractivity contribution is 5.45. The average molecular weight is 191 g/mol. The summed E-state index contributed by atoms with van der Waals surface area (Å²) in [5, 5.41) is 2.21. The monoisotopic (exact) mass is 191 g/mol. The van der Waals surface area contributed by atoms with E-state index in [1.54, 1.807) is 7.11 Å². The van der Waals surface area contributed by atoms with Crippen LogP contribution in [0.1, 0.15) is 19.4 Å². The van der Waals surface area contributed by atoms with Gasteiger partial charge in [0.1, 0.15) is 5.75 Å². The zero-order chi connectivity index (χ0) is 10.7. The molecule has 1 rings (SSSR count). The van der Waals surface area contributed by atoms with Crippen LogP contribution >= 0.6 is 0 Å². The molecule has 1 aromatic carbocycles. The lowest BCUT2D eigenvalue weighted by molar-refractivity contribution is 0.411. The number of aryl methyl sites for hydroxylation is 1. The SMILES string of the molecule is C/C=c1/cc(C)c(OC)c/c1=C(/C)N. The van der Waals surface area contributed by atoms with E-state index in [2.05, 4.69) is 12.1 Å². The quantitative estimate of drug-likeness (QED) is 0.715. The van der Waals surface area contributed by atoms with Crippen molar-refractivity contribution in [1.82, 2.24) is 0 Å². The maximum Gasteiger partial charge on any atom is 0.122 e. The third-order valence-corrected chi connectivity index (χ3v) is 2.30. The average Bonchev–Trinajstić information content (AvgIpc) is 2.16. The maximum absolute atomic E-state index is 5.80. The summed E-state index contributed by atoms with van der Waals surface area (Å²) in [6, 6.07) is 4.07. The van der Waals surface area contributed by atoms with Crippen molar-refractivity contribution < 1.29 is 4.74 Å². The van der Waals surface area contributed by atoms with Crippen LogP contribution in [0.2, 0.25) is 0 Å². The molecule has 0 atom stereocenters. The number of nitrogens with two attached hydrogens (primary N) is 1. The maximum atomic E-state index is 5.80. The summed E-state index contributed by atoms with van der Waals surface area (Å²) in [4.78, 5) is 0. The predicted molar refractivity (Wildman–Crippen MR) is 60.4 cm³/mol. The second kappa shape index (κ2) is 4.18. The molecule has 0 saturated carbocycles. The van der Waals surface area contributed by atoms with Crippen molar-refractivity contribution in [3.63, 3.8) is 0 Å². The van der Waals surface area contributed by atoms with Crippen LogP contribution in [-0.4, -0.2) is 7.11 Å². The van der Waals surface area contributed by atoms with Crippen molar-refractivity contribution >= 4 is 11.8 Å². The van der Waals surface area contributed by atoms with E-state index in [4.69, 9.17) is 10.5 Å².